The maximum atomic E-state index is 10.6. The van der Waals surface area contributed by atoms with Crippen LogP contribution < -0.4 is 5.32 Å². The predicted molar refractivity (Wildman–Crippen MR) is 66.6 cm³/mol. The maximum absolute atomic E-state index is 10.6. The maximum Gasteiger partial charge on any atom is 0.0798 e. The van der Waals surface area contributed by atoms with Crippen molar-refractivity contribution in [1.82, 2.24) is 10.2 Å². The van der Waals surface area contributed by atoms with E-state index in [4.69, 9.17) is 0 Å². The minimum absolute atomic E-state index is 0.421. The van der Waals surface area contributed by atoms with Gasteiger partial charge in [-0.25, -0.2) is 0 Å². The van der Waals surface area contributed by atoms with Gasteiger partial charge < -0.3 is 10.4 Å². The van der Waals surface area contributed by atoms with Gasteiger partial charge in [-0.15, -0.1) is 0 Å². The molecule has 0 saturated carbocycles. The molecular formula is C13H26N2O. The highest BCUT2D eigenvalue weighted by Gasteiger charge is 2.33. The standard InChI is InChI=1S/C13H26N2O/c1-2-12-5-3-4-10-15(12)11-13(16)6-8-14-9-7-13/h12,14,16H,2-11H2,1H3. The second-order valence-corrected chi connectivity index (χ2v) is 5.50. The Balaban J connectivity index is 1.90. The highest BCUT2D eigenvalue weighted by Crippen LogP contribution is 2.25. The summed E-state index contributed by atoms with van der Waals surface area (Å²) in [5, 5.41) is 13.9. The highest BCUT2D eigenvalue weighted by atomic mass is 16.3. The number of aliphatic hydroxyl groups is 1. The van der Waals surface area contributed by atoms with E-state index in [1.165, 1.54) is 32.2 Å². The molecule has 2 heterocycles. The van der Waals surface area contributed by atoms with E-state index in [-0.39, 0.29) is 0 Å². The van der Waals surface area contributed by atoms with Gasteiger partial charge in [-0.05, 0) is 51.7 Å². The molecule has 2 aliphatic rings. The van der Waals surface area contributed by atoms with Crippen molar-refractivity contribution in [2.45, 2.75) is 57.1 Å². The fourth-order valence-corrected chi connectivity index (χ4v) is 3.16. The average molecular weight is 226 g/mol. The third kappa shape index (κ3) is 2.96. The summed E-state index contributed by atoms with van der Waals surface area (Å²) in [7, 11) is 0. The molecule has 0 aromatic heterocycles. The van der Waals surface area contributed by atoms with E-state index in [1.54, 1.807) is 0 Å². The number of β-amino-alcohol motifs (C(OH)–C–C–N with tert-alkyl or cyclic N) is 1. The quantitative estimate of drug-likeness (QED) is 0.763. The van der Waals surface area contributed by atoms with Crippen molar-refractivity contribution < 1.29 is 5.11 Å². The van der Waals surface area contributed by atoms with Gasteiger partial charge in [0, 0.05) is 12.6 Å². The van der Waals surface area contributed by atoms with E-state index in [2.05, 4.69) is 17.1 Å². The van der Waals surface area contributed by atoms with Crippen LogP contribution in [0.1, 0.15) is 45.4 Å². The molecule has 2 fully saturated rings. The lowest BCUT2D eigenvalue weighted by molar-refractivity contribution is -0.0378. The normalized spacial score (nSPS) is 31.5. The zero-order chi connectivity index (χ0) is 11.4. The monoisotopic (exact) mass is 226 g/mol. The molecule has 2 saturated heterocycles. The highest BCUT2D eigenvalue weighted by molar-refractivity contribution is 4.90. The molecule has 94 valence electrons. The molecule has 3 nitrogen and oxygen atoms in total. The van der Waals surface area contributed by atoms with Crippen molar-refractivity contribution in [2.75, 3.05) is 26.2 Å². The van der Waals surface area contributed by atoms with Gasteiger partial charge >= 0.3 is 0 Å². The van der Waals surface area contributed by atoms with E-state index in [1.807, 2.05) is 0 Å². The zero-order valence-corrected chi connectivity index (χ0v) is 10.5. The molecule has 0 bridgehead atoms. The third-order valence-electron chi connectivity index (χ3n) is 4.25. The van der Waals surface area contributed by atoms with Crippen LogP contribution in [0.4, 0.5) is 0 Å². The summed E-state index contributed by atoms with van der Waals surface area (Å²) < 4.78 is 0. The predicted octanol–water partition coefficient (Wildman–Crippen LogP) is 1.37. The topological polar surface area (TPSA) is 35.5 Å². The van der Waals surface area contributed by atoms with E-state index in [9.17, 15) is 5.11 Å². The van der Waals surface area contributed by atoms with Crippen LogP contribution in [-0.4, -0.2) is 47.8 Å². The number of hydrogen-bond donors (Lipinski definition) is 2. The lowest BCUT2D eigenvalue weighted by Gasteiger charge is -2.42. The van der Waals surface area contributed by atoms with E-state index in [0.29, 0.717) is 6.04 Å². The first-order valence-electron chi connectivity index (χ1n) is 6.91. The Morgan fingerprint density at radius 1 is 1.31 bits per heavy atom. The number of nitrogens with zero attached hydrogens (tertiary/aromatic N) is 1. The minimum atomic E-state index is -0.421. The molecule has 0 amide bonds. The van der Waals surface area contributed by atoms with Gasteiger partial charge in [0.1, 0.15) is 0 Å². The summed E-state index contributed by atoms with van der Waals surface area (Å²) in [4.78, 5) is 2.54. The van der Waals surface area contributed by atoms with Crippen molar-refractivity contribution in [3.63, 3.8) is 0 Å². The summed E-state index contributed by atoms with van der Waals surface area (Å²) in [6.07, 6.45) is 7.07. The van der Waals surface area contributed by atoms with Crippen LogP contribution in [0.5, 0.6) is 0 Å². The van der Waals surface area contributed by atoms with Crippen LogP contribution in [-0.2, 0) is 0 Å². The lowest BCUT2D eigenvalue weighted by atomic mass is 9.89. The van der Waals surface area contributed by atoms with Gasteiger partial charge in [0.15, 0.2) is 0 Å². The first-order chi connectivity index (χ1) is 7.73. The Hall–Kier alpha value is -0.120. The van der Waals surface area contributed by atoms with Crippen molar-refractivity contribution in [1.29, 1.82) is 0 Å². The number of nitrogens with one attached hydrogen (secondary N) is 1. The fourth-order valence-electron chi connectivity index (χ4n) is 3.16. The first kappa shape index (κ1) is 12.3. The van der Waals surface area contributed by atoms with E-state index < -0.39 is 5.60 Å². The summed E-state index contributed by atoms with van der Waals surface area (Å²) in [5.74, 6) is 0. The molecule has 1 atom stereocenters. The van der Waals surface area contributed by atoms with Crippen molar-refractivity contribution in [3.8, 4) is 0 Å². The summed E-state index contributed by atoms with van der Waals surface area (Å²) in [6, 6.07) is 0.715. The fraction of sp³-hybridized carbons (Fsp3) is 1.00. The minimum Gasteiger partial charge on any atom is -0.388 e. The van der Waals surface area contributed by atoms with Crippen molar-refractivity contribution >= 4 is 0 Å². The summed E-state index contributed by atoms with van der Waals surface area (Å²) >= 11 is 0. The second kappa shape index (κ2) is 5.48. The molecule has 3 heteroatoms. The Bertz CT molecular complexity index is 214. The molecule has 16 heavy (non-hydrogen) atoms. The van der Waals surface area contributed by atoms with Crippen LogP contribution in [0.15, 0.2) is 0 Å². The van der Waals surface area contributed by atoms with Gasteiger partial charge in [0.2, 0.25) is 0 Å². The number of likely N-dealkylation sites (tertiary alicyclic amines) is 1. The van der Waals surface area contributed by atoms with E-state index in [0.717, 1.165) is 32.5 Å². The number of rotatable bonds is 3. The smallest absolute Gasteiger partial charge is 0.0798 e. The second-order valence-electron chi connectivity index (χ2n) is 5.50. The molecule has 0 spiro atoms. The molecule has 1 unspecified atom stereocenters. The SMILES string of the molecule is CCC1CCCCN1CC1(O)CCNCC1. The summed E-state index contributed by atoms with van der Waals surface area (Å²) in [5.41, 5.74) is -0.421. The number of hydrogen-bond acceptors (Lipinski definition) is 3. The molecule has 0 radical (unpaired) electrons. The zero-order valence-electron chi connectivity index (χ0n) is 10.5. The van der Waals surface area contributed by atoms with Crippen molar-refractivity contribution in [3.05, 3.63) is 0 Å². The van der Waals surface area contributed by atoms with Crippen LogP contribution in [0.3, 0.4) is 0 Å². The Kier molecular flexibility index (Phi) is 4.22. The van der Waals surface area contributed by atoms with Gasteiger partial charge in [-0.1, -0.05) is 13.3 Å². The molecule has 2 aliphatic heterocycles. The first-order valence-corrected chi connectivity index (χ1v) is 6.91. The van der Waals surface area contributed by atoms with Gasteiger partial charge in [0.25, 0.3) is 0 Å². The molecule has 2 rings (SSSR count). The van der Waals surface area contributed by atoms with Gasteiger partial charge in [-0.3, -0.25) is 4.90 Å². The molecule has 0 aliphatic carbocycles. The average Bonchev–Trinajstić information content (AvgIpc) is 2.30. The third-order valence-corrected chi connectivity index (χ3v) is 4.25. The molecule has 0 aromatic carbocycles. The van der Waals surface area contributed by atoms with Crippen LogP contribution in [0.2, 0.25) is 0 Å². The molecule has 0 aromatic rings. The van der Waals surface area contributed by atoms with Crippen LogP contribution in [0.25, 0.3) is 0 Å². The van der Waals surface area contributed by atoms with Gasteiger partial charge in [-0.2, -0.15) is 0 Å². The van der Waals surface area contributed by atoms with E-state index >= 15 is 0 Å². The van der Waals surface area contributed by atoms with Crippen molar-refractivity contribution in [2.24, 2.45) is 0 Å². The summed E-state index contributed by atoms with van der Waals surface area (Å²) in [6.45, 7) is 6.30. The Morgan fingerprint density at radius 2 is 2.06 bits per heavy atom. The Morgan fingerprint density at radius 3 is 2.75 bits per heavy atom. The Labute approximate surface area is 99.2 Å². The lowest BCUT2D eigenvalue weighted by Crippen LogP contribution is -2.53. The van der Waals surface area contributed by atoms with Crippen LogP contribution >= 0.6 is 0 Å². The molecular weight excluding hydrogens is 200 g/mol. The largest absolute Gasteiger partial charge is 0.388 e. The van der Waals surface area contributed by atoms with Crippen LogP contribution in [0, 0.1) is 0 Å². The number of piperidine rings is 2. The van der Waals surface area contributed by atoms with Gasteiger partial charge in [0.05, 0.1) is 5.60 Å². The molecule has 2 N–H and O–H groups in total.